The predicted molar refractivity (Wildman–Crippen MR) is 91.0 cm³/mol. The fourth-order valence-corrected chi connectivity index (χ4v) is 4.18. The van der Waals surface area contributed by atoms with Gasteiger partial charge in [0.1, 0.15) is 11.6 Å². The zero-order valence-corrected chi connectivity index (χ0v) is 13.8. The molecule has 3 heterocycles. The molecule has 1 spiro atoms. The van der Waals surface area contributed by atoms with Crippen LogP contribution in [-0.2, 0) is 11.8 Å². The number of nitrogens with zero attached hydrogens (tertiary/aromatic N) is 4. The highest BCUT2D eigenvalue weighted by Crippen LogP contribution is 2.44. The van der Waals surface area contributed by atoms with Gasteiger partial charge in [0.15, 0.2) is 0 Å². The molecule has 0 bridgehead atoms. The van der Waals surface area contributed by atoms with Crippen LogP contribution in [0.2, 0.25) is 0 Å². The van der Waals surface area contributed by atoms with Gasteiger partial charge in [-0.15, -0.1) is 0 Å². The molecule has 1 fully saturated rings. The SMILES string of the molecule is Cc1ncc2c(n1)C1(CCCN(c3ncccc3C(N)=O)C1)CC2. The summed E-state index contributed by atoms with van der Waals surface area (Å²) in [4.78, 5) is 27.5. The van der Waals surface area contributed by atoms with Crippen LogP contribution >= 0.6 is 0 Å². The second-order valence-electron chi connectivity index (χ2n) is 6.84. The average Bonchev–Trinajstić information content (AvgIpc) is 2.92. The molecule has 124 valence electrons. The Hall–Kier alpha value is -2.50. The largest absolute Gasteiger partial charge is 0.365 e. The van der Waals surface area contributed by atoms with Crippen molar-refractivity contribution in [3.8, 4) is 0 Å². The summed E-state index contributed by atoms with van der Waals surface area (Å²) < 4.78 is 0. The van der Waals surface area contributed by atoms with Gasteiger partial charge in [-0.2, -0.15) is 0 Å². The van der Waals surface area contributed by atoms with E-state index in [0.717, 1.165) is 44.6 Å². The van der Waals surface area contributed by atoms with Crippen LogP contribution in [0.15, 0.2) is 24.5 Å². The summed E-state index contributed by atoms with van der Waals surface area (Å²) >= 11 is 0. The van der Waals surface area contributed by atoms with Crippen LogP contribution in [0.1, 0.15) is 46.7 Å². The number of fused-ring (bicyclic) bond motifs is 2. The van der Waals surface area contributed by atoms with Gasteiger partial charge in [-0.3, -0.25) is 4.79 Å². The molecule has 2 aromatic rings. The van der Waals surface area contributed by atoms with Crippen molar-refractivity contribution in [2.45, 2.75) is 38.0 Å². The number of piperidine rings is 1. The summed E-state index contributed by atoms with van der Waals surface area (Å²) in [5.74, 6) is 1.09. The first kappa shape index (κ1) is 15.1. The lowest BCUT2D eigenvalue weighted by Crippen LogP contribution is -2.46. The molecule has 2 aromatic heterocycles. The van der Waals surface area contributed by atoms with E-state index < -0.39 is 5.91 Å². The van der Waals surface area contributed by atoms with Gasteiger partial charge in [0.2, 0.25) is 0 Å². The molecule has 1 saturated heterocycles. The minimum atomic E-state index is -0.428. The molecule has 1 amide bonds. The Morgan fingerprint density at radius 1 is 1.33 bits per heavy atom. The maximum Gasteiger partial charge on any atom is 0.252 e. The average molecular weight is 323 g/mol. The van der Waals surface area contributed by atoms with E-state index in [1.54, 1.807) is 18.3 Å². The van der Waals surface area contributed by atoms with Gasteiger partial charge >= 0.3 is 0 Å². The van der Waals surface area contributed by atoms with Crippen molar-refractivity contribution in [3.63, 3.8) is 0 Å². The number of carbonyl (C=O) groups is 1. The standard InChI is InChI=1S/C18H21N5O/c1-12-21-10-13-5-7-18(15(13)22-12)6-3-9-23(11-18)17-14(16(19)24)4-2-8-20-17/h2,4,8,10H,3,5-7,9,11H2,1H3,(H2,19,24). The van der Waals surface area contributed by atoms with Crippen molar-refractivity contribution in [1.29, 1.82) is 0 Å². The monoisotopic (exact) mass is 323 g/mol. The first-order valence-electron chi connectivity index (χ1n) is 8.42. The zero-order valence-electron chi connectivity index (χ0n) is 13.8. The number of hydrogen-bond acceptors (Lipinski definition) is 5. The van der Waals surface area contributed by atoms with Crippen LogP contribution in [0.4, 0.5) is 5.82 Å². The van der Waals surface area contributed by atoms with Gasteiger partial charge < -0.3 is 10.6 Å². The molecule has 2 N–H and O–H groups in total. The Balaban J connectivity index is 1.72. The number of amides is 1. The molecule has 6 nitrogen and oxygen atoms in total. The van der Waals surface area contributed by atoms with Crippen molar-refractivity contribution in [1.82, 2.24) is 15.0 Å². The second kappa shape index (κ2) is 5.54. The molecule has 1 atom stereocenters. The third-order valence-corrected chi connectivity index (χ3v) is 5.29. The fourth-order valence-electron chi connectivity index (χ4n) is 4.18. The topological polar surface area (TPSA) is 85.0 Å². The predicted octanol–water partition coefficient (Wildman–Crippen LogP) is 1.76. The smallest absolute Gasteiger partial charge is 0.252 e. The molecule has 1 unspecified atom stereocenters. The lowest BCUT2D eigenvalue weighted by atomic mass is 9.77. The van der Waals surface area contributed by atoms with E-state index >= 15 is 0 Å². The first-order chi connectivity index (χ1) is 11.6. The summed E-state index contributed by atoms with van der Waals surface area (Å²) in [5.41, 5.74) is 8.52. The van der Waals surface area contributed by atoms with Crippen LogP contribution in [0, 0.1) is 6.92 Å². The number of hydrogen-bond donors (Lipinski definition) is 1. The number of aryl methyl sites for hydroxylation is 2. The lowest BCUT2D eigenvalue weighted by molar-refractivity contribution is 0.1000. The van der Waals surface area contributed by atoms with Gasteiger partial charge in [-0.25, -0.2) is 15.0 Å². The number of rotatable bonds is 2. The Morgan fingerprint density at radius 2 is 2.21 bits per heavy atom. The van der Waals surface area contributed by atoms with Crippen molar-refractivity contribution < 1.29 is 4.79 Å². The maximum atomic E-state index is 11.8. The van der Waals surface area contributed by atoms with E-state index in [-0.39, 0.29) is 5.41 Å². The quantitative estimate of drug-likeness (QED) is 0.910. The molecule has 1 aliphatic carbocycles. The zero-order chi connectivity index (χ0) is 16.7. The third-order valence-electron chi connectivity index (χ3n) is 5.29. The van der Waals surface area contributed by atoms with Crippen molar-refractivity contribution >= 4 is 11.7 Å². The number of anilines is 1. The molecular weight excluding hydrogens is 302 g/mol. The highest BCUT2D eigenvalue weighted by molar-refractivity contribution is 5.97. The van der Waals surface area contributed by atoms with Crippen LogP contribution in [-0.4, -0.2) is 33.9 Å². The number of pyridine rings is 1. The normalized spacial score (nSPS) is 22.6. The van der Waals surface area contributed by atoms with E-state index in [1.165, 1.54) is 11.3 Å². The van der Waals surface area contributed by atoms with Gasteiger partial charge in [0.05, 0.1) is 11.3 Å². The number of carbonyl (C=O) groups excluding carboxylic acids is 1. The van der Waals surface area contributed by atoms with E-state index in [1.807, 2.05) is 13.1 Å². The van der Waals surface area contributed by atoms with Crippen molar-refractivity contribution in [3.05, 3.63) is 47.2 Å². The lowest BCUT2D eigenvalue weighted by Gasteiger charge is -2.41. The van der Waals surface area contributed by atoms with Crippen LogP contribution in [0.3, 0.4) is 0 Å². The Bertz CT molecular complexity index is 802. The number of aromatic nitrogens is 3. The molecule has 24 heavy (non-hydrogen) atoms. The summed E-state index contributed by atoms with van der Waals surface area (Å²) in [6.07, 6.45) is 7.96. The highest BCUT2D eigenvalue weighted by atomic mass is 16.1. The summed E-state index contributed by atoms with van der Waals surface area (Å²) in [6.45, 7) is 3.66. The summed E-state index contributed by atoms with van der Waals surface area (Å²) in [7, 11) is 0. The molecule has 6 heteroatoms. The molecular formula is C18H21N5O. The maximum absolute atomic E-state index is 11.8. The fraction of sp³-hybridized carbons (Fsp3) is 0.444. The molecule has 4 rings (SSSR count). The molecule has 0 aromatic carbocycles. The molecule has 0 radical (unpaired) electrons. The van der Waals surface area contributed by atoms with Gasteiger partial charge in [0.25, 0.3) is 5.91 Å². The highest BCUT2D eigenvalue weighted by Gasteiger charge is 2.44. The Labute approximate surface area is 141 Å². The first-order valence-corrected chi connectivity index (χ1v) is 8.42. The van der Waals surface area contributed by atoms with Crippen molar-refractivity contribution in [2.75, 3.05) is 18.0 Å². The minimum Gasteiger partial charge on any atom is -0.365 e. The van der Waals surface area contributed by atoms with Gasteiger partial charge in [0, 0.05) is 30.9 Å². The van der Waals surface area contributed by atoms with E-state index in [9.17, 15) is 4.79 Å². The van der Waals surface area contributed by atoms with E-state index in [0.29, 0.717) is 11.4 Å². The third kappa shape index (κ3) is 2.33. The number of nitrogens with two attached hydrogens (primary N) is 1. The Kier molecular flexibility index (Phi) is 3.48. The molecule has 0 saturated carbocycles. The van der Waals surface area contributed by atoms with Crippen LogP contribution < -0.4 is 10.6 Å². The molecule has 2 aliphatic rings. The second-order valence-corrected chi connectivity index (χ2v) is 6.84. The van der Waals surface area contributed by atoms with Gasteiger partial charge in [-0.1, -0.05) is 0 Å². The van der Waals surface area contributed by atoms with E-state index in [4.69, 9.17) is 10.7 Å². The van der Waals surface area contributed by atoms with Crippen LogP contribution in [0.5, 0.6) is 0 Å². The summed E-state index contributed by atoms with van der Waals surface area (Å²) in [5, 5.41) is 0. The summed E-state index contributed by atoms with van der Waals surface area (Å²) in [6, 6.07) is 3.51. The minimum absolute atomic E-state index is 0.0354. The number of primary amides is 1. The Morgan fingerprint density at radius 3 is 3.04 bits per heavy atom. The van der Waals surface area contributed by atoms with Crippen molar-refractivity contribution in [2.24, 2.45) is 5.73 Å². The molecule has 1 aliphatic heterocycles. The van der Waals surface area contributed by atoms with E-state index in [2.05, 4.69) is 14.9 Å². The van der Waals surface area contributed by atoms with Gasteiger partial charge in [-0.05, 0) is 50.3 Å². The van der Waals surface area contributed by atoms with Crippen LogP contribution in [0.25, 0.3) is 0 Å².